The first-order chi connectivity index (χ1) is 14.3. The van der Waals surface area contributed by atoms with Gasteiger partial charge in [-0.15, -0.1) is 0 Å². The van der Waals surface area contributed by atoms with Crippen molar-refractivity contribution in [3.8, 4) is 0 Å². The highest BCUT2D eigenvalue weighted by Crippen LogP contribution is 2.67. The van der Waals surface area contributed by atoms with Crippen molar-refractivity contribution in [2.45, 2.75) is 105 Å². The summed E-state index contributed by atoms with van der Waals surface area (Å²) in [5.74, 6) is 6.48. The fourth-order valence-corrected chi connectivity index (χ4v) is 9.05. The van der Waals surface area contributed by atoms with E-state index in [0.29, 0.717) is 16.9 Å². The average molecular weight is 413 g/mol. The van der Waals surface area contributed by atoms with E-state index < -0.39 is 0 Å². The molecule has 1 N–H and O–H groups in total. The lowest BCUT2D eigenvalue weighted by molar-refractivity contribution is -0.0808. The number of anilines is 1. The second-order valence-electron chi connectivity index (χ2n) is 12.6. The predicted octanol–water partition coefficient (Wildman–Crippen LogP) is 7.33. The highest BCUT2D eigenvalue weighted by molar-refractivity contribution is 5.47. The molecular weight excluding hydrogens is 368 g/mol. The van der Waals surface area contributed by atoms with Crippen molar-refractivity contribution >= 4 is 5.82 Å². The number of rotatable bonds is 5. The molecule has 8 atom stereocenters. The largest absolute Gasteiger partial charge is 0.364 e. The monoisotopic (exact) mass is 412 g/mol. The molecule has 3 nitrogen and oxygen atoms in total. The minimum atomic E-state index is 0.365. The zero-order valence-corrected chi connectivity index (χ0v) is 20.0. The fourth-order valence-electron chi connectivity index (χ4n) is 9.05. The molecule has 0 spiro atoms. The zero-order chi connectivity index (χ0) is 21.1. The highest BCUT2D eigenvalue weighted by Gasteiger charge is 2.60. The highest BCUT2D eigenvalue weighted by atomic mass is 16.5. The van der Waals surface area contributed by atoms with Gasteiger partial charge in [-0.1, -0.05) is 59.0 Å². The minimum absolute atomic E-state index is 0.365. The fraction of sp³-hybridized carbons (Fsp3) is 0.889. The van der Waals surface area contributed by atoms with Crippen LogP contribution in [0.5, 0.6) is 0 Å². The van der Waals surface area contributed by atoms with Gasteiger partial charge in [-0.2, -0.15) is 0 Å². The van der Waals surface area contributed by atoms with Crippen molar-refractivity contribution in [2.24, 2.45) is 46.3 Å². The third kappa shape index (κ3) is 3.16. The third-order valence-corrected chi connectivity index (χ3v) is 10.6. The van der Waals surface area contributed by atoms with Gasteiger partial charge in [0.1, 0.15) is 6.26 Å². The molecule has 5 rings (SSSR count). The molecule has 168 valence electrons. The van der Waals surface area contributed by atoms with Gasteiger partial charge in [-0.3, -0.25) is 0 Å². The summed E-state index contributed by atoms with van der Waals surface area (Å²) < 4.78 is 5.31. The molecule has 4 aliphatic rings. The van der Waals surface area contributed by atoms with Crippen LogP contribution in [0, 0.1) is 46.3 Å². The maximum absolute atomic E-state index is 5.31. The van der Waals surface area contributed by atoms with E-state index in [2.05, 4.69) is 45.1 Å². The summed E-state index contributed by atoms with van der Waals surface area (Å²) in [4.78, 5) is 0. The number of hydrogen-bond donors (Lipinski definition) is 1. The second kappa shape index (κ2) is 7.55. The number of nitrogens with zero attached hydrogens (tertiary/aromatic N) is 1. The van der Waals surface area contributed by atoms with Gasteiger partial charge in [-0.05, 0) is 91.3 Å². The Morgan fingerprint density at radius 1 is 1.03 bits per heavy atom. The summed E-state index contributed by atoms with van der Waals surface area (Å²) >= 11 is 0. The molecule has 0 aromatic carbocycles. The van der Waals surface area contributed by atoms with Crippen LogP contribution in [0.15, 0.2) is 10.8 Å². The SMILES string of the molecule is CC(C)CCC[C@H](C)[C@H]1CCC2[C@@H]3CCC4Nc5nocc5C[C@]4(C)C3CC[C@@]21C. The van der Waals surface area contributed by atoms with E-state index >= 15 is 0 Å². The Labute approximate surface area is 184 Å². The summed E-state index contributed by atoms with van der Waals surface area (Å²) in [5.41, 5.74) is 2.27. The van der Waals surface area contributed by atoms with E-state index in [9.17, 15) is 0 Å². The Morgan fingerprint density at radius 3 is 2.63 bits per heavy atom. The topological polar surface area (TPSA) is 38.1 Å². The van der Waals surface area contributed by atoms with Gasteiger partial charge in [0.05, 0.1) is 0 Å². The third-order valence-electron chi connectivity index (χ3n) is 10.6. The van der Waals surface area contributed by atoms with Gasteiger partial charge in [0.2, 0.25) is 0 Å². The van der Waals surface area contributed by atoms with Crippen LogP contribution in [0.4, 0.5) is 5.82 Å². The average Bonchev–Trinajstić information content (AvgIpc) is 3.28. The molecule has 0 amide bonds. The Morgan fingerprint density at radius 2 is 1.83 bits per heavy atom. The number of fused-ring (bicyclic) bond motifs is 6. The first-order valence-electron chi connectivity index (χ1n) is 13.0. The standard InChI is InChI=1S/C27H44N2O/c1-17(2)7-6-8-18(3)21-10-11-22-20-9-12-24-27(5,23(20)13-14-26(21,22)4)15-19-16-30-29-25(19)28-24/h16-18,20-24H,6-15H2,1-5H3,(H,28,29)/t18-,20-,21+,22?,23?,24?,26+,27+/m0/s1. The summed E-state index contributed by atoms with van der Waals surface area (Å²) in [5, 5.41) is 8.00. The van der Waals surface area contributed by atoms with Gasteiger partial charge in [-0.25, -0.2) is 0 Å². The minimum Gasteiger partial charge on any atom is -0.364 e. The van der Waals surface area contributed by atoms with Crippen molar-refractivity contribution in [2.75, 3.05) is 5.32 Å². The van der Waals surface area contributed by atoms with Crippen LogP contribution in [0.2, 0.25) is 0 Å². The number of aromatic nitrogens is 1. The molecule has 3 fully saturated rings. The van der Waals surface area contributed by atoms with Gasteiger partial charge in [0.25, 0.3) is 0 Å². The summed E-state index contributed by atoms with van der Waals surface area (Å²) in [6.45, 7) is 12.6. The summed E-state index contributed by atoms with van der Waals surface area (Å²) in [6, 6.07) is 0.577. The number of hydrogen-bond acceptors (Lipinski definition) is 3. The molecule has 0 saturated heterocycles. The van der Waals surface area contributed by atoms with Crippen LogP contribution < -0.4 is 5.32 Å². The molecule has 1 aromatic heterocycles. The lowest BCUT2D eigenvalue weighted by atomic mass is 9.46. The molecule has 1 aliphatic heterocycles. The molecule has 3 unspecified atom stereocenters. The van der Waals surface area contributed by atoms with Gasteiger partial charge < -0.3 is 9.84 Å². The lowest BCUT2D eigenvalue weighted by Gasteiger charge is -2.60. The molecule has 3 heteroatoms. The van der Waals surface area contributed by atoms with Gasteiger partial charge in [0.15, 0.2) is 5.82 Å². The first-order valence-corrected chi connectivity index (χ1v) is 13.0. The van der Waals surface area contributed by atoms with E-state index in [4.69, 9.17) is 4.52 Å². The molecule has 2 heterocycles. The summed E-state index contributed by atoms with van der Waals surface area (Å²) in [6.07, 6.45) is 15.9. The first kappa shape index (κ1) is 20.9. The van der Waals surface area contributed by atoms with Crippen molar-refractivity contribution in [3.63, 3.8) is 0 Å². The molecular formula is C27H44N2O. The molecule has 0 bridgehead atoms. The van der Waals surface area contributed by atoms with Crippen molar-refractivity contribution in [3.05, 3.63) is 11.8 Å². The van der Waals surface area contributed by atoms with Crippen LogP contribution in [-0.2, 0) is 6.42 Å². The van der Waals surface area contributed by atoms with E-state index in [0.717, 1.165) is 47.7 Å². The van der Waals surface area contributed by atoms with Crippen molar-refractivity contribution < 1.29 is 4.52 Å². The van der Waals surface area contributed by atoms with E-state index in [1.807, 2.05) is 6.26 Å². The van der Waals surface area contributed by atoms with E-state index in [1.54, 1.807) is 0 Å². The smallest absolute Gasteiger partial charge is 0.172 e. The Bertz CT molecular complexity index is 756. The van der Waals surface area contributed by atoms with Crippen molar-refractivity contribution in [1.82, 2.24) is 5.16 Å². The normalized spacial score (nSPS) is 43.3. The molecule has 30 heavy (non-hydrogen) atoms. The van der Waals surface area contributed by atoms with Crippen LogP contribution in [0.25, 0.3) is 0 Å². The number of nitrogens with one attached hydrogen (secondary N) is 1. The van der Waals surface area contributed by atoms with E-state index in [1.165, 1.54) is 63.4 Å². The Balaban J connectivity index is 1.33. The zero-order valence-electron chi connectivity index (χ0n) is 20.0. The van der Waals surface area contributed by atoms with Crippen LogP contribution in [0.1, 0.15) is 98.0 Å². The lowest BCUT2D eigenvalue weighted by Crippen LogP contribution is -2.58. The van der Waals surface area contributed by atoms with Gasteiger partial charge >= 0.3 is 0 Å². The summed E-state index contributed by atoms with van der Waals surface area (Å²) in [7, 11) is 0. The molecule has 1 aromatic rings. The molecule has 3 saturated carbocycles. The Hall–Kier alpha value is -0.990. The molecule has 0 radical (unpaired) electrons. The van der Waals surface area contributed by atoms with Crippen molar-refractivity contribution in [1.29, 1.82) is 0 Å². The maximum atomic E-state index is 5.31. The Kier molecular flexibility index (Phi) is 5.26. The van der Waals surface area contributed by atoms with Crippen LogP contribution in [0.3, 0.4) is 0 Å². The quantitative estimate of drug-likeness (QED) is 0.550. The van der Waals surface area contributed by atoms with E-state index in [-0.39, 0.29) is 0 Å². The predicted molar refractivity (Wildman–Crippen MR) is 123 cm³/mol. The maximum Gasteiger partial charge on any atom is 0.172 e. The van der Waals surface area contributed by atoms with Crippen LogP contribution in [-0.4, -0.2) is 11.2 Å². The second-order valence-corrected chi connectivity index (χ2v) is 12.6. The van der Waals surface area contributed by atoms with Crippen LogP contribution >= 0.6 is 0 Å². The van der Waals surface area contributed by atoms with Gasteiger partial charge in [0, 0.05) is 11.6 Å². The molecule has 3 aliphatic carbocycles.